The van der Waals surface area contributed by atoms with Gasteiger partial charge in [-0.2, -0.15) is 4.99 Å². The van der Waals surface area contributed by atoms with E-state index in [0.29, 0.717) is 12.3 Å². The van der Waals surface area contributed by atoms with Crippen LogP contribution in [0.1, 0.15) is 6.92 Å². The molecule has 1 aromatic rings. The first-order valence-electron chi connectivity index (χ1n) is 4.89. The first kappa shape index (κ1) is 12.8. The van der Waals surface area contributed by atoms with Gasteiger partial charge in [0, 0.05) is 6.07 Å². The molecule has 0 spiro atoms. The summed E-state index contributed by atoms with van der Waals surface area (Å²) in [7, 11) is 0. The third-order valence-electron chi connectivity index (χ3n) is 1.70. The molecule has 0 bridgehead atoms. The predicted octanol–water partition coefficient (Wildman–Crippen LogP) is 0.444. The lowest BCUT2D eigenvalue weighted by Gasteiger charge is -2.06. The van der Waals surface area contributed by atoms with E-state index in [4.69, 9.17) is 21.9 Å². The second-order valence-corrected chi connectivity index (χ2v) is 3.05. The van der Waals surface area contributed by atoms with Crippen molar-refractivity contribution in [1.82, 2.24) is 0 Å². The largest absolute Gasteiger partial charge is 0.492 e. The van der Waals surface area contributed by atoms with Gasteiger partial charge in [0.05, 0.1) is 6.61 Å². The number of aliphatic imine (C=N–C) groups is 2. The fourth-order valence-corrected chi connectivity index (χ4v) is 1.13. The molecule has 1 aromatic carbocycles. The molecule has 17 heavy (non-hydrogen) atoms. The average Bonchev–Trinajstić information content (AvgIpc) is 2.21. The Kier molecular flexibility index (Phi) is 4.27. The zero-order valence-electron chi connectivity index (χ0n) is 9.35. The summed E-state index contributed by atoms with van der Waals surface area (Å²) < 4.78 is 18.2. The van der Waals surface area contributed by atoms with Gasteiger partial charge in [0.25, 0.3) is 0 Å². The number of benzene rings is 1. The van der Waals surface area contributed by atoms with Crippen molar-refractivity contribution in [3.63, 3.8) is 0 Å². The molecular formula is C10H14FN5O. The SMILES string of the molecule is CCOc1cc(F)ccc1N=C(N)N=C(N)N. The molecule has 1 rings (SSSR count). The first-order chi connectivity index (χ1) is 8.02. The summed E-state index contributed by atoms with van der Waals surface area (Å²) in [5.41, 5.74) is 16.1. The van der Waals surface area contributed by atoms with E-state index in [2.05, 4.69) is 9.98 Å². The van der Waals surface area contributed by atoms with Crippen molar-refractivity contribution >= 4 is 17.6 Å². The van der Waals surface area contributed by atoms with E-state index in [-0.39, 0.29) is 17.7 Å². The Morgan fingerprint density at radius 1 is 1.35 bits per heavy atom. The van der Waals surface area contributed by atoms with Crippen LogP contribution < -0.4 is 21.9 Å². The van der Waals surface area contributed by atoms with Gasteiger partial charge < -0.3 is 21.9 Å². The highest BCUT2D eigenvalue weighted by molar-refractivity contribution is 5.93. The van der Waals surface area contributed by atoms with Crippen LogP contribution in [-0.4, -0.2) is 18.5 Å². The van der Waals surface area contributed by atoms with Gasteiger partial charge >= 0.3 is 0 Å². The molecule has 0 fully saturated rings. The fourth-order valence-electron chi connectivity index (χ4n) is 1.13. The molecule has 0 saturated carbocycles. The van der Waals surface area contributed by atoms with Crippen molar-refractivity contribution in [1.29, 1.82) is 0 Å². The summed E-state index contributed by atoms with van der Waals surface area (Å²) in [5.74, 6) is -0.474. The van der Waals surface area contributed by atoms with Crippen LogP contribution in [0.15, 0.2) is 28.2 Å². The van der Waals surface area contributed by atoms with Gasteiger partial charge in [-0.3, -0.25) is 0 Å². The van der Waals surface area contributed by atoms with Crippen LogP contribution in [0.4, 0.5) is 10.1 Å². The van der Waals surface area contributed by atoms with E-state index in [1.807, 2.05) is 0 Å². The van der Waals surface area contributed by atoms with Crippen LogP contribution >= 0.6 is 0 Å². The van der Waals surface area contributed by atoms with Gasteiger partial charge in [-0.15, -0.1) is 0 Å². The van der Waals surface area contributed by atoms with E-state index in [1.54, 1.807) is 6.92 Å². The molecule has 0 aliphatic heterocycles. The van der Waals surface area contributed by atoms with Crippen LogP contribution in [0.3, 0.4) is 0 Å². The minimum absolute atomic E-state index is 0.127. The van der Waals surface area contributed by atoms with Gasteiger partial charge in [-0.05, 0) is 19.1 Å². The monoisotopic (exact) mass is 239 g/mol. The summed E-state index contributed by atoms with van der Waals surface area (Å²) >= 11 is 0. The number of hydrogen-bond acceptors (Lipinski definition) is 2. The Hall–Kier alpha value is -2.31. The summed E-state index contributed by atoms with van der Waals surface area (Å²) in [6.07, 6.45) is 0. The number of ether oxygens (including phenoxy) is 1. The third-order valence-corrected chi connectivity index (χ3v) is 1.70. The van der Waals surface area contributed by atoms with Crippen molar-refractivity contribution < 1.29 is 9.13 Å². The highest BCUT2D eigenvalue weighted by atomic mass is 19.1. The fraction of sp³-hybridized carbons (Fsp3) is 0.200. The van der Waals surface area contributed by atoms with E-state index in [0.717, 1.165) is 0 Å². The molecule has 0 heterocycles. The lowest BCUT2D eigenvalue weighted by atomic mass is 10.3. The van der Waals surface area contributed by atoms with Crippen LogP contribution in [0, 0.1) is 5.82 Å². The maximum Gasteiger partial charge on any atom is 0.223 e. The average molecular weight is 239 g/mol. The van der Waals surface area contributed by atoms with Gasteiger partial charge in [-0.25, -0.2) is 9.38 Å². The molecule has 0 amide bonds. The highest BCUT2D eigenvalue weighted by Crippen LogP contribution is 2.28. The summed E-state index contributed by atoms with van der Waals surface area (Å²) in [6.45, 7) is 2.16. The van der Waals surface area contributed by atoms with Crippen molar-refractivity contribution in [2.45, 2.75) is 6.92 Å². The second kappa shape index (κ2) is 5.69. The maximum atomic E-state index is 13.0. The minimum atomic E-state index is -0.423. The number of halogens is 1. The Balaban J connectivity index is 3.09. The molecule has 0 unspecified atom stereocenters. The summed E-state index contributed by atoms with van der Waals surface area (Å²) in [5, 5.41) is 0. The van der Waals surface area contributed by atoms with E-state index < -0.39 is 5.82 Å². The number of nitrogens with zero attached hydrogens (tertiary/aromatic N) is 2. The van der Waals surface area contributed by atoms with Crippen molar-refractivity contribution in [2.24, 2.45) is 27.2 Å². The Labute approximate surface area is 98.0 Å². The van der Waals surface area contributed by atoms with Gasteiger partial charge in [-0.1, -0.05) is 0 Å². The molecule has 0 saturated heterocycles. The quantitative estimate of drug-likeness (QED) is 0.524. The Morgan fingerprint density at radius 3 is 2.65 bits per heavy atom. The third kappa shape index (κ3) is 3.98. The second-order valence-electron chi connectivity index (χ2n) is 3.05. The topological polar surface area (TPSA) is 112 Å². The van der Waals surface area contributed by atoms with Crippen LogP contribution in [0.5, 0.6) is 5.75 Å². The van der Waals surface area contributed by atoms with E-state index in [1.165, 1.54) is 18.2 Å². The zero-order valence-corrected chi connectivity index (χ0v) is 9.35. The van der Waals surface area contributed by atoms with E-state index >= 15 is 0 Å². The van der Waals surface area contributed by atoms with Crippen molar-refractivity contribution in [2.75, 3.05) is 6.61 Å². The van der Waals surface area contributed by atoms with Crippen molar-refractivity contribution in [3.8, 4) is 5.75 Å². The molecular weight excluding hydrogens is 225 g/mol. The molecule has 92 valence electrons. The van der Waals surface area contributed by atoms with Crippen LogP contribution in [-0.2, 0) is 0 Å². The molecule has 0 aliphatic rings. The van der Waals surface area contributed by atoms with Gasteiger partial charge in [0.15, 0.2) is 5.96 Å². The smallest absolute Gasteiger partial charge is 0.223 e. The molecule has 0 atom stereocenters. The molecule has 0 aromatic heterocycles. The predicted molar refractivity (Wildman–Crippen MR) is 64.7 cm³/mol. The summed E-state index contributed by atoms with van der Waals surface area (Å²) in [4.78, 5) is 7.46. The lowest BCUT2D eigenvalue weighted by Crippen LogP contribution is -2.26. The van der Waals surface area contributed by atoms with E-state index in [9.17, 15) is 4.39 Å². The standard InChI is InChI=1S/C10H14FN5O/c1-2-17-8-5-6(11)3-4-7(8)15-10(14)16-9(12)13/h3-5H,2H2,1H3,(H6,12,13,14,15,16). The Bertz CT molecular complexity index is 454. The van der Waals surface area contributed by atoms with Gasteiger partial charge in [0.2, 0.25) is 5.96 Å². The van der Waals surface area contributed by atoms with Gasteiger partial charge in [0.1, 0.15) is 17.3 Å². The molecule has 0 radical (unpaired) electrons. The lowest BCUT2D eigenvalue weighted by molar-refractivity contribution is 0.339. The molecule has 0 aliphatic carbocycles. The van der Waals surface area contributed by atoms with Crippen LogP contribution in [0.25, 0.3) is 0 Å². The number of rotatable bonds is 3. The molecule has 6 N–H and O–H groups in total. The molecule has 6 nitrogen and oxygen atoms in total. The summed E-state index contributed by atoms with van der Waals surface area (Å²) in [6, 6.07) is 3.88. The Morgan fingerprint density at radius 2 is 2.06 bits per heavy atom. The normalized spacial score (nSPS) is 11.1. The number of hydrogen-bond donors (Lipinski definition) is 3. The van der Waals surface area contributed by atoms with Crippen LogP contribution in [0.2, 0.25) is 0 Å². The maximum absolute atomic E-state index is 13.0. The van der Waals surface area contributed by atoms with Crippen molar-refractivity contribution in [3.05, 3.63) is 24.0 Å². The minimum Gasteiger partial charge on any atom is -0.492 e. The molecule has 7 heteroatoms. The number of guanidine groups is 2. The first-order valence-corrected chi connectivity index (χ1v) is 4.89. The number of nitrogens with two attached hydrogens (primary N) is 3. The zero-order chi connectivity index (χ0) is 12.8. The highest BCUT2D eigenvalue weighted by Gasteiger charge is 2.04.